The Morgan fingerprint density at radius 1 is 1.45 bits per heavy atom. The highest BCUT2D eigenvalue weighted by Crippen LogP contribution is 2.27. The van der Waals surface area contributed by atoms with E-state index in [-0.39, 0.29) is 17.7 Å². The Bertz CT molecular complexity index is 768. The van der Waals surface area contributed by atoms with Crippen molar-refractivity contribution < 1.29 is 14.6 Å². The Morgan fingerprint density at radius 2 is 2.20 bits per heavy atom. The monoisotopic (exact) mass is 271 g/mol. The first-order valence-corrected chi connectivity index (χ1v) is 6.05. The van der Waals surface area contributed by atoms with Gasteiger partial charge in [0.05, 0.1) is 24.2 Å². The topological polar surface area (TPSA) is 68.5 Å². The number of pyridine rings is 1. The van der Waals surface area contributed by atoms with Crippen LogP contribution in [0, 0.1) is 12.3 Å². The molecule has 2 aromatic rings. The van der Waals surface area contributed by atoms with Gasteiger partial charge >= 0.3 is 5.97 Å². The van der Waals surface area contributed by atoms with E-state index in [1.165, 1.54) is 22.8 Å². The number of ether oxygens (including phenoxy) is 1. The highest BCUT2D eigenvalue weighted by molar-refractivity contribution is 5.96. The predicted molar refractivity (Wildman–Crippen MR) is 75.2 cm³/mol. The highest BCUT2D eigenvalue weighted by Gasteiger charge is 2.13. The van der Waals surface area contributed by atoms with E-state index in [4.69, 9.17) is 16.3 Å². The van der Waals surface area contributed by atoms with Crippen LogP contribution in [0.3, 0.4) is 0 Å². The fourth-order valence-electron chi connectivity index (χ4n) is 2.04. The van der Waals surface area contributed by atoms with Crippen LogP contribution in [0.15, 0.2) is 29.1 Å². The molecule has 0 amide bonds. The second-order valence-electron chi connectivity index (χ2n) is 4.11. The lowest BCUT2D eigenvalue weighted by Crippen LogP contribution is -2.19. The van der Waals surface area contributed by atoms with Gasteiger partial charge in [-0.1, -0.05) is 5.92 Å². The Labute approximate surface area is 115 Å². The molecule has 0 saturated heterocycles. The molecule has 1 aromatic heterocycles. The molecular formula is C15H13NO4. The molecule has 1 heterocycles. The molecule has 0 spiro atoms. The standard InChI is InChI=1S/C15H13NO4/c1-3-7-16-13(17)6-5-10-8-11(15(18)19)9-12(14(10)16)20-4-2/h1,5-6,8-9H,4,7H2,2H3,(H,18,19). The quantitative estimate of drug-likeness (QED) is 0.860. The van der Waals surface area contributed by atoms with Gasteiger partial charge in [0, 0.05) is 11.5 Å². The molecule has 1 N–H and O–H groups in total. The van der Waals surface area contributed by atoms with E-state index in [2.05, 4.69) is 5.92 Å². The first-order valence-electron chi connectivity index (χ1n) is 6.05. The predicted octanol–water partition coefficient (Wildman–Crippen LogP) is 1.73. The number of carboxylic acid groups (broad SMARTS) is 1. The summed E-state index contributed by atoms with van der Waals surface area (Å²) in [5.41, 5.74) is 0.369. The zero-order chi connectivity index (χ0) is 14.7. The first kappa shape index (κ1) is 13.7. The van der Waals surface area contributed by atoms with Gasteiger partial charge in [0.15, 0.2) is 0 Å². The molecule has 0 aliphatic carbocycles. The molecule has 2 rings (SSSR count). The SMILES string of the molecule is C#CCn1c(=O)ccc2cc(C(=O)O)cc(OCC)c21. The van der Waals surface area contributed by atoms with Crippen LogP contribution in [-0.4, -0.2) is 22.2 Å². The van der Waals surface area contributed by atoms with Crippen molar-refractivity contribution in [2.24, 2.45) is 0 Å². The Balaban J connectivity index is 2.86. The first-order chi connectivity index (χ1) is 9.58. The van der Waals surface area contributed by atoms with Crippen LogP contribution >= 0.6 is 0 Å². The maximum atomic E-state index is 11.9. The summed E-state index contributed by atoms with van der Waals surface area (Å²) < 4.78 is 6.86. The summed E-state index contributed by atoms with van der Waals surface area (Å²) in [4.78, 5) is 23.0. The van der Waals surface area contributed by atoms with Gasteiger partial charge in [-0.05, 0) is 25.1 Å². The molecule has 0 radical (unpaired) electrons. The molecule has 0 saturated carbocycles. The second-order valence-corrected chi connectivity index (χ2v) is 4.11. The average molecular weight is 271 g/mol. The van der Waals surface area contributed by atoms with Gasteiger partial charge in [0.2, 0.25) is 0 Å². The van der Waals surface area contributed by atoms with Gasteiger partial charge in [-0.2, -0.15) is 0 Å². The lowest BCUT2D eigenvalue weighted by atomic mass is 10.1. The average Bonchev–Trinajstić information content (AvgIpc) is 2.42. The van der Waals surface area contributed by atoms with Crippen molar-refractivity contribution in [3.63, 3.8) is 0 Å². The fourth-order valence-corrected chi connectivity index (χ4v) is 2.04. The largest absolute Gasteiger partial charge is 0.492 e. The summed E-state index contributed by atoms with van der Waals surface area (Å²) in [6.07, 6.45) is 5.28. The number of aromatic carboxylic acids is 1. The molecular weight excluding hydrogens is 258 g/mol. The lowest BCUT2D eigenvalue weighted by Gasteiger charge is -2.13. The minimum atomic E-state index is -1.05. The Hall–Kier alpha value is -2.74. The van der Waals surface area contributed by atoms with Gasteiger partial charge in [0.25, 0.3) is 5.56 Å². The normalized spacial score (nSPS) is 10.2. The number of nitrogens with zero attached hydrogens (tertiary/aromatic N) is 1. The van der Waals surface area contributed by atoms with E-state index >= 15 is 0 Å². The van der Waals surface area contributed by atoms with E-state index in [0.717, 1.165) is 0 Å². The van der Waals surface area contributed by atoms with Crippen LogP contribution in [0.4, 0.5) is 0 Å². The van der Waals surface area contributed by atoms with E-state index in [1.807, 2.05) is 0 Å². The molecule has 102 valence electrons. The summed E-state index contributed by atoms with van der Waals surface area (Å²) >= 11 is 0. The van der Waals surface area contributed by atoms with E-state index in [0.29, 0.717) is 23.3 Å². The number of hydrogen-bond acceptors (Lipinski definition) is 3. The Kier molecular flexibility index (Phi) is 3.76. The van der Waals surface area contributed by atoms with Gasteiger partial charge < -0.3 is 9.84 Å². The third-order valence-electron chi connectivity index (χ3n) is 2.84. The zero-order valence-electron chi connectivity index (χ0n) is 10.9. The summed E-state index contributed by atoms with van der Waals surface area (Å²) in [6.45, 7) is 2.24. The second kappa shape index (κ2) is 5.49. The summed E-state index contributed by atoms with van der Waals surface area (Å²) in [7, 11) is 0. The van der Waals surface area contributed by atoms with Gasteiger partial charge in [-0.25, -0.2) is 4.79 Å². The minimum absolute atomic E-state index is 0.0999. The zero-order valence-corrected chi connectivity index (χ0v) is 10.9. The molecule has 0 atom stereocenters. The van der Waals surface area contributed by atoms with Gasteiger partial charge in [-0.3, -0.25) is 9.36 Å². The van der Waals surface area contributed by atoms with Crippen LogP contribution < -0.4 is 10.3 Å². The summed E-state index contributed by atoms with van der Waals surface area (Å²) in [6, 6.07) is 5.83. The maximum Gasteiger partial charge on any atom is 0.335 e. The third-order valence-corrected chi connectivity index (χ3v) is 2.84. The highest BCUT2D eigenvalue weighted by atomic mass is 16.5. The number of carboxylic acids is 1. The molecule has 0 unspecified atom stereocenters. The molecule has 0 aliphatic heterocycles. The van der Waals surface area contributed by atoms with Crippen LogP contribution in [0.25, 0.3) is 10.9 Å². The van der Waals surface area contributed by atoms with Gasteiger partial charge in [0.1, 0.15) is 5.75 Å². The number of rotatable bonds is 4. The molecule has 1 aromatic carbocycles. The van der Waals surface area contributed by atoms with Crippen LogP contribution in [0.1, 0.15) is 17.3 Å². The Morgan fingerprint density at radius 3 is 2.80 bits per heavy atom. The number of fused-ring (bicyclic) bond motifs is 1. The van der Waals surface area contributed by atoms with Crippen molar-refractivity contribution in [3.05, 3.63) is 40.2 Å². The number of carbonyl (C=O) groups is 1. The molecule has 5 heteroatoms. The lowest BCUT2D eigenvalue weighted by molar-refractivity contribution is 0.0696. The van der Waals surface area contributed by atoms with Crippen LogP contribution in [0.5, 0.6) is 5.75 Å². The van der Waals surface area contributed by atoms with Crippen molar-refractivity contribution in [2.45, 2.75) is 13.5 Å². The minimum Gasteiger partial charge on any atom is -0.492 e. The van der Waals surface area contributed by atoms with Gasteiger partial charge in [-0.15, -0.1) is 6.42 Å². The molecule has 0 bridgehead atoms. The van der Waals surface area contributed by atoms with Crippen molar-refractivity contribution in [3.8, 4) is 18.1 Å². The van der Waals surface area contributed by atoms with Crippen molar-refractivity contribution in [1.82, 2.24) is 4.57 Å². The van der Waals surface area contributed by atoms with E-state index in [9.17, 15) is 9.59 Å². The van der Waals surface area contributed by atoms with E-state index < -0.39 is 5.97 Å². The van der Waals surface area contributed by atoms with Crippen LogP contribution in [0.2, 0.25) is 0 Å². The van der Waals surface area contributed by atoms with Crippen LogP contribution in [-0.2, 0) is 6.54 Å². The summed E-state index contributed by atoms with van der Waals surface area (Å²) in [5.74, 6) is 1.70. The van der Waals surface area contributed by atoms with Crippen molar-refractivity contribution >= 4 is 16.9 Å². The third kappa shape index (κ3) is 2.36. The number of terminal acetylenes is 1. The molecule has 0 aliphatic rings. The summed E-state index contributed by atoms with van der Waals surface area (Å²) in [5, 5.41) is 9.71. The van der Waals surface area contributed by atoms with Crippen molar-refractivity contribution in [1.29, 1.82) is 0 Å². The molecule has 5 nitrogen and oxygen atoms in total. The van der Waals surface area contributed by atoms with E-state index in [1.54, 1.807) is 13.0 Å². The number of hydrogen-bond donors (Lipinski definition) is 1. The van der Waals surface area contributed by atoms with Crippen molar-refractivity contribution in [2.75, 3.05) is 6.61 Å². The number of benzene rings is 1. The maximum absolute atomic E-state index is 11.9. The molecule has 0 fully saturated rings. The number of aromatic nitrogens is 1. The molecule has 20 heavy (non-hydrogen) atoms. The fraction of sp³-hybridized carbons (Fsp3) is 0.200. The smallest absolute Gasteiger partial charge is 0.335 e.